The van der Waals surface area contributed by atoms with E-state index < -0.39 is 0 Å². The highest BCUT2D eigenvalue weighted by atomic mass is 16.5. The van der Waals surface area contributed by atoms with Crippen LogP contribution in [-0.4, -0.2) is 39.8 Å². The van der Waals surface area contributed by atoms with Gasteiger partial charge in [-0.2, -0.15) is 0 Å². The SMILES string of the molecule is C=C/C(C)=C(\C)CN(C)Cc1cc(OC)c(OC)c(OC)c1. The Balaban J connectivity index is 2.96. The fraction of sp³-hybridized carbons (Fsp3) is 0.444. The Morgan fingerprint density at radius 1 is 1.09 bits per heavy atom. The Morgan fingerprint density at radius 3 is 2.05 bits per heavy atom. The van der Waals surface area contributed by atoms with Crippen LogP contribution in [0.3, 0.4) is 0 Å². The van der Waals surface area contributed by atoms with Crippen molar-refractivity contribution in [3.05, 3.63) is 41.5 Å². The molecule has 0 unspecified atom stereocenters. The van der Waals surface area contributed by atoms with Gasteiger partial charge in [-0.3, -0.25) is 4.90 Å². The highest BCUT2D eigenvalue weighted by Crippen LogP contribution is 2.38. The number of methoxy groups -OCH3 is 3. The van der Waals surface area contributed by atoms with E-state index in [1.165, 1.54) is 11.1 Å². The van der Waals surface area contributed by atoms with Crippen LogP contribution in [0.1, 0.15) is 19.4 Å². The summed E-state index contributed by atoms with van der Waals surface area (Å²) in [5.74, 6) is 1.98. The first kappa shape index (κ1) is 18.1. The summed E-state index contributed by atoms with van der Waals surface area (Å²) in [7, 11) is 6.96. The number of allylic oxidation sites excluding steroid dienone is 2. The topological polar surface area (TPSA) is 30.9 Å². The highest BCUT2D eigenvalue weighted by molar-refractivity contribution is 5.53. The first-order chi connectivity index (χ1) is 10.5. The third-order valence-corrected chi connectivity index (χ3v) is 3.66. The molecule has 0 atom stereocenters. The van der Waals surface area contributed by atoms with Crippen LogP contribution < -0.4 is 14.2 Å². The maximum atomic E-state index is 5.39. The molecule has 0 heterocycles. The van der Waals surface area contributed by atoms with Crippen LogP contribution in [-0.2, 0) is 6.54 Å². The monoisotopic (exact) mass is 305 g/mol. The zero-order valence-corrected chi connectivity index (χ0v) is 14.5. The third-order valence-electron chi connectivity index (χ3n) is 3.66. The molecule has 0 spiro atoms. The molecule has 0 saturated carbocycles. The van der Waals surface area contributed by atoms with Gasteiger partial charge in [0.1, 0.15) is 0 Å². The molecule has 0 radical (unpaired) electrons. The van der Waals surface area contributed by atoms with E-state index in [0.717, 1.165) is 18.7 Å². The first-order valence-corrected chi connectivity index (χ1v) is 7.23. The largest absolute Gasteiger partial charge is 0.493 e. The molecule has 1 aromatic carbocycles. The van der Waals surface area contributed by atoms with Crippen LogP contribution in [0, 0.1) is 0 Å². The van der Waals surface area contributed by atoms with Crippen molar-refractivity contribution in [2.45, 2.75) is 20.4 Å². The van der Waals surface area contributed by atoms with Crippen LogP contribution in [0.5, 0.6) is 17.2 Å². The van der Waals surface area contributed by atoms with Gasteiger partial charge in [0, 0.05) is 13.1 Å². The second-order valence-electron chi connectivity index (χ2n) is 5.37. The van der Waals surface area contributed by atoms with Gasteiger partial charge < -0.3 is 14.2 Å². The van der Waals surface area contributed by atoms with Crippen molar-refractivity contribution in [3.63, 3.8) is 0 Å². The number of hydrogen-bond acceptors (Lipinski definition) is 4. The van der Waals surface area contributed by atoms with Crippen LogP contribution >= 0.6 is 0 Å². The molecule has 0 aliphatic heterocycles. The smallest absolute Gasteiger partial charge is 0.203 e. The minimum Gasteiger partial charge on any atom is -0.493 e. The number of ether oxygens (including phenoxy) is 3. The highest BCUT2D eigenvalue weighted by Gasteiger charge is 2.14. The van der Waals surface area contributed by atoms with Gasteiger partial charge >= 0.3 is 0 Å². The Kier molecular flexibility index (Phi) is 6.99. The molecule has 0 N–H and O–H groups in total. The van der Waals surface area contributed by atoms with E-state index in [4.69, 9.17) is 14.2 Å². The quantitative estimate of drug-likeness (QED) is 0.686. The summed E-state index contributed by atoms with van der Waals surface area (Å²) in [6.45, 7) is 9.69. The molecule has 0 aromatic heterocycles. The van der Waals surface area contributed by atoms with E-state index in [2.05, 4.69) is 32.4 Å². The third kappa shape index (κ3) is 4.53. The van der Waals surface area contributed by atoms with Gasteiger partial charge in [-0.25, -0.2) is 0 Å². The molecule has 4 heteroatoms. The van der Waals surface area contributed by atoms with E-state index in [0.29, 0.717) is 17.2 Å². The Hall–Kier alpha value is -1.94. The molecule has 22 heavy (non-hydrogen) atoms. The summed E-state index contributed by atoms with van der Waals surface area (Å²) in [5.41, 5.74) is 3.64. The van der Waals surface area contributed by atoms with Crippen molar-refractivity contribution < 1.29 is 14.2 Å². The maximum Gasteiger partial charge on any atom is 0.203 e. The first-order valence-electron chi connectivity index (χ1n) is 7.23. The van der Waals surface area contributed by atoms with Crippen molar-refractivity contribution in [1.29, 1.82) is 0 Å². The van der Waals surface area contributed by atoms with Gasteiger partial charge in [0.05, 0.1) is 21.3 Å². The Bertz CT molecular complexity index is 524. The lowest BCUT2D eigenvalue weighted by Gasteiger charge is -2.20. The molecule has 0 aliphatic rings. The second-order valence-corrected chi connectivity index (χ2v) is 5.37. The number of benzene rings is 1. The van der Waals surface area contributed by atoms with Gasteiger partial charge in [-0.1, -0.05) is 23.8 Å². The molecular formula is C18H27NO3. The van der Waals surface area contributed by atoms with Crippen LogP contribution in [0.15, 0.2) is 35.9 Å². The van der Waals surface area contributed by atoms with Crippen molar-refractivity contribution in [1.82, 2.24) is 4.90 Å². The maximum absolute atomic E-state index is 5.39. The van der Waals surface area contributed by atoms with Gasteiger partial charge in [0.2, 0.25) is 5.75 Å². The lowest BCUT2D eigenvalue weighted by molar-refractivity contribution is 0.319. The standard InChI is InChI=1S/C18H27NO3/c1-8-13(2)14(3)11-19(4)12-15-9-16(20-5)18(22-7)17(10-15)21-6/h8-10H,1,11-12H2,2-7H3/b14-13+. The molecule has 0 fully saturated rings. The number of hydrogen-bond donors (Lipinski definition) is 0. The van der Waals surface area contributed by atoms with E-state index >= 15 is 0 Å². The summed E-state index contributed by atoms with van der Waals surface area (Å²) in [6.07, 6.45) is 1.89. The summed E-state index contributed by atoms with van der Waals surface area (Å²) in [4.78, 5) is 2.24. The van der Waals surface area contributed by atoms with Gasteiger partial charge in [-0.05, 0) is 38.6 Å². The van der Waals surface area contributed by atoms with Crippen molar-refractivity contribution in [2.24, 2.45) is 0 Å². The normalized spacial score (nSPS) is 12.0. The molecule has 0 aliphatic carbocycles. The zero-order valence-electron chi connectivity index (χ0n) is 14.5. The summed E-state index contributed by atoms with van der Waals surface area (Å²) in [6, 6.07) is 3.97. The summed E-state index contributed by atoms with van der Waals surface area (Å²) < 4.78 is 16.1. The average Bonchev–Trinajstić information content (AvgIpc) is 2.52. The minimum absolute atomic E-state index is 0.620. The van der Waals surface area contributed by atoms with Crippen molar-refractivity contribution in [3.8, 4) is 17.2 Å². The van der Waals surface area contributed by atoms with E-state index in [1.54, 1.807) is 21.3 Å². The molecule has 0 saturated heterocycles. The van der Waals surface area contributed by atoms with Crippen molar-refractivity contribution in [2.75, 3.05) is 34.9 Å². The van der Waals surface area contributed by atoms with Gasteiger partial charge in [-0.15, -0.1) is 0 Å². The van der Waals surface area contributed by atoms with Gasteiger partial charge in [0.25, 0.3) is 0 Å². The fourth-order valence-corrected chi connectivity index (χ4v) is 2.30. The molecule has 1 aromatic rings. The van der Waals surface area contributed by atoms with E-state index in [9.17, 15) is 0 Å². The number of rotatable bonds is 8. The molecule has 4 nitrogen and oxygen atoms in total. The number of nitrogens with zero attached hydrogens (tertiary/aromatic N) is 1. The van der Waals surface area contributed by atoms with Gasteiger partial charge in [0.15, 0.2) is 11.5 Å². The van der Waals surface area contributed by atoms with E-state index in [1.807, 2.05) is 18.2 Å². The summed E-state index contributed by atoms with van der Waals surface area (Å²) >= 11 is 0. The second kappa shape index (κ2) is 8.49. The molecule has 0 bridgehead atoms. The lowest BCUT2D eigenvalue weighted by Crippen LogP contribution is -2.20. The predicted molar refractivity (Wildman–Crippen MR) is 91.0 cm³/mol. The Labute approximate surface area is 134 Å². The Morgan fingerprint density at radius 2 is 1.64 bits per heavy atom. The van der Waals surface area contributed by atoms with Crippen LogP contribution in [0.25, 0.3) is 0 Å². The van der Waals surface area contributed by atoms with Crippen LogP contribution in [0.2, 0.25) is 0 Å². The average molecular weight is 305 g/mol. The van der Waals surface area contributed by atoms with Crippen LogP contribution in [0.4, 0.5) is 0 Å². The predicted octanol–water partition coefficient (Wildman–Crippen LogP) is 3.67. The summed E-state index contributed by atoms with van der Waals surface area (Å²) in [5, 5.41) is 0. The number of likely N-dealkylation sites (N-methyl/N-ethyl adjacent to an activating group) is 1. The fourth-order valence-electron chi connectivity index (χ4n) is 2.30. The minimum atomic E-state index is 0.620. The van der Waals surface area contributed by atoms with Crippen molar-refractivity contribution >= 4 is 0 Å². The molecule has 122 valence electrons. The molecule has 0 amide bonds. The van der Waals surface area contributed by atoms with E-state index in [-0.39, 0.29) is 0 Å². The lowest BCUT2D eigenvalue weighted by atomic mass is 10.1. The zero-order chi connectivity index (χ0) is 16.7. The molecular weight excluding hydrogens is 278 g/mol. The molecule has 1 rings (SSSR count).